The van der Waals surface area contributed by atoms with E-state index in [1.807, 2.05) is 19.9 Å². The number of aliphatic carboxylic acids is 1. The second-order valence-electron chi connectivity index (χ2n) is 5.03. The molecular weight excluding hydrogens is 296 g/mol. The van der Waals surface area contributed by atoms with Crippen molar-refractivity contribution in [1.29, 1.82) is 0 Å². The first kappa shape index (κ1) is 20.5. The van der Waals surface area contributed by atoms with E-state index in [1.165, 1.54) is 11.1 Å². The third-order valence-electron chi connectivity index (χ3n) is 3.04. The van der Waals surface area contributed by atoms with Gasteiger partial charge in [0, 0.05) is 5.69 Å². The number of nitrogens with one attached hydrogen (secondary N) is 1. The van der Waals surface area contributed by atoms with E-state index in [4.69, 9.17) is 16.3 Å². The highest BCUT2D eigenvalue weighted by Gasteiger charge is 2.14. The van der Waals surface area contributed by atoms with E-state index in [1.54, 1.807) is 6.92 Å². The second-order valence-corrected chi connectivity index (χ2v) is 5.03. The standard InChI is InChI=1S/C15H19NO2.C2H5NO2/c1-6-7-18-15(17)13(5)16-14-9-11(3)10(2)8-12(14)4;3-1-2(4)5/h1,8-9,13,16H,7H2,2-5H3;1,3H2,(H,4,5)/t13-;/m0./s1. The lowest BCUT2D eigenvalue weighted by Crippen LogP contribution is -2.28. The van der Waals surface area contributed by atoms with Crippen LogP contribution in [0.25, 0.3) is 0 Å². The fourth-order valence-corrected chi connectivity index (χ4v) is 1.65. The highest BCUT2D eigenvalue weighted by atomic mass is 16.5. The number of hydrogen-bond acceptors (Lipinski definition) is 5. The van der Waals surface area contributed by atoms with Crippen molar-refractivity contribution in [2.24, 2.45) is 5.73 Å². The van der Waals surface area contributed by atoms with Gasteiger partial charge >= 0.3 is 11.9 Å². The van der Waals surface area contributed by atoms with Gasteiger partial charge in [0.1, 0.15) is 6.04 Å². The molecule has 0 spiro atoms. The Morgan fingerprint density at radius 1 is 1.30 bits per heavy atom. The summed E-state index contributed by atoms with van der Waals surface area (Å²) in [6, 6.07) is 3.71. The number of carboxylic acid groups (broad SMARTS) is 1. The van der Waals surface area contributed by atoms with Gasteiger partial charge in [-0.05, 0) is 50.5 Å². The molecule has 0 radical (unpaired) electrons. The number of hydrogen-bond donors (Lipinski definition) is 3. The van der Waals surface area contributed by atoms with Crippen LogP contribution in [0.1, 0.15) is 23.6 Å². The third kappa shape index (κ3) is 7.88. The molecule has 0 heterocycles. The number of benzene rings is 1. The fourth-order valence-electron chi connectivity index (χ4n) is 1.65. The summed E-state index contributed by atoms with van der Waals surface area (Å²) in [6.45, 7) is 7.61. The van der Waals surface area contributed by atoms with E-state index in [2.05, 4.69) is 30.0 Å². The topological polar surface area (TPSA) is 102 Å². The molecule has 1 rings (SSSR count). The summed E-state index contributed by atoms with van der Waals surface area (Å²) in [5.41, 5.74) is 9.05. The summed E-state index contributed by atoms with van der Waals surface area (Å²) >= 11 is 0. The van der Waals surface area contributed by atoms with Gasteiger partial charge in [0.25, 0.3) is 0 Å². The molecule has 0 aliphatic rings. The van der Waals surface area contributed by atoms with Crippen LogP contribution in [0.15, 0.2) is 12.1 Å². The number of anilines is 1. The van der Waals surface area contributed by atoms with Crippen molar-refractivity contribution in [3.8, 4) is 12.3 Å². The normalized spacial score (nSPS) is 10.6. The van der Waals surface area contributed by atoms with Crippen LogP contribution < -0.4 is 11.1 Å². The molecule has 0 aromatic heterocycles. The predicted octanol–water partition coefficient (Wildman–Crippen LogP) is 1.62. The zero-order chi connectivity index (χ0) is 18.0. The first-order chi connectivity index (χ1) is 10.7. The van der Waals surface area contributed by atoms with E-state index in [9.17, 15) is 9.59 Å². The van der Waals surface area contributed by atoms with Crippen molar-refractivity contribution < 1.29 is 19.4 Å². The highest BCUT2D eigenvalue weighted by molar-refractivity contribution is 5.79. The molecule has 1 aromatic carbocycles. The van der Waals surface area contributed by atoms with Gasteiger partial charge < -0.3 is 20.9 Å². The van der Waals surface area contributed by atoms with Crippen LogP contribution in [0.4, 0.5) is 5.69 Å². The van der Waals surface area contributed by atoms with Crippen molar-refractivity contribution in [3.05, 3.63) is 28.8 Å². The van der Waals surface area contributed by atoms with Crippen molar-refractivity contribution in [2.45, 2.75) is 33.7 Å². The summed E-state index contributed by atoms with van der Waals surface area (Å²) in [7, 11) is 0. The number of ether oxygens (including phenoxy) is 1. The van der Waals surface area contributed by atoms with Gasteiger partial charge in [0.15, 0.2) is 6.61 Å². The predicted molar refractivity (Wildman–Crippen MR) is 90.2 cm³/mol. The summed E-state index contributed by atoms with van der Waals surface area (Å²) in [6.07, 6.45) is 5.04. The van der Waals surface area contributed by atoms with E-state index >= 15 is 0 Å². The molecule has 4 N–H and O–H groups in total. The maximum Gasteiger partial charge on any atom is 0.329 e. The lowest BCUT2D eigenvalue weighted by atomic mass is 10.0. The zero-order valence-corrected chi connectivity index (χ0v) is 14.0. The number of esters is 1. The molecule has 0 aliphatic heterocycles. The van der Waals surface area contributed by atoms with E-state index in [0.29, 0.717) is 0 Å². The molecule has 23 heavy (non-hydrogen) atoms. The Balaban J connectivity index is 0.000000841. The molecule has 6 nitrogen and oxygen atoms in total. The van der Waals surface area contributed by atoms with Crippen molar-refractivity contribution in [3.63, 3.8) is 0 Å². The first-order valence-corrected chi connectivity index (χ1v) is 7.09. The summed E-state index contributed by atoms with van der Waals surface area (Å²) in [4.78, 5) is 20.8. The number of aryl methyl sites for hydroxylation is 3. The monoisotopic (exact) mass is 320 g/mol. The largest absolute Gasteiger partial charge is 0.480 e. The van der Waals surface area contributed by atoms with Crippen LogP contribution in [0.3, 0.4) is 0 Å². The van der Waals surface area contributed by atoms with Crippen LogP contribution in [0, 0.1) is 33.1 Å². The SMILES string of the molecule is C#CCOC(=O)[C@H](C)Nc1cc(C)c(C)cc1C.NCC(=O)O. The second kappa shape index (κ2) is 10.2. The smallest absolute Gasteiger partial charge is 0.329 e. The molecule has 0 unspecified atom stereocenters. The van der Waals surface area contributed by atoms with Crippen LogP contribution in [0.5, 0.6) is 0 Å². The lowest BCUT2D eigenvalue weighted by molar-refractivity contribution is -0.142. The molecule has 6 heteroatoms. The number of terminal acetylenes is 1. The minimum absolute atomic E-state index is 0.0107. The van der Waals surface area contributed by atoms with Crippen LogP contribution in [-0.2, 0) is 14.3 Å². The van der Waals surface area contributed by atoms with Crippen molar-refractivity contribution in [2.75, 3.05) is 18.5 Å². The number of carboxylic acids is 1. The Labute approximate surface area is 137 Å². The molecule has 0 saturated carbocycles. The van der Waals surface area contributed by atoms with E-state index < -0.39 is 12.0 Å². The molecule has 0 saturated heterocycles. The van der Waals surface area contributed by atoms with Gasteiger partial charge in [0.2, 0.25) is 0 Å². The maximum atomic E-state index is 11.6. The Bertz CT molecular complexity index is 591. The Hall–Kier alpha value is -2.52. The number of carbonyl (C=O) groups excluding carboxylic acids is 1. The van der Waals surface area contributed by atoms with E-state index in [0.717, 1.165) is 11.3 Å². The highest BCUT2D eigenvalue weighted by Crippen LogP contribution is 2.20. The average molecular weight is 320 g/mol. The molecule has 0 bridgehead atoms. The Morgan fingerprint density at radius 2 is 1.83 bits per heavy atom. The number of carbonyl (C=O) groups is 2. The number of rotatable bonds is 5. The minimum atomic E-state index is -0.968. The van der Waals surface area contributed by atoms with Gasteiger partial charge in [-0.2, -0.15) is 0 Å². The minimum Gasteiger partial charge on any atom is -0.480 e. The molecule has 126 valence electrons. The quantitative estimate of drug-likeness (QED) is 0.563. The molecule has 0 fully saturated rings. The summed E-state index contributed by atoms with van der Waals surface area (Å²) in [5, 5.41) is 10.7. The maximum absolute atomic E-state index is 11.6. The van der Waals surface area contributed by atoms with E-state index in [-0.39, 0.29) is 19.1 Å². The van der Waals surface area contributed by atoms with Crippen LogP contribution >= 0.6 is 0 Å². The fraction of sp³-hybridized carbons (Fsp3) is 0.412. The molecule has 0 amide bonds. The van der Waals surface area contributed by atoms with Crippen LogP contribution in [-0.4, -0.2) is 36.2 Å². The van der Waals surface area contributed by atoms with Gasteiger partial charge in [-0.15, -0.1) is 6.42 Å². The van der Waals surface area contributed by atoms with Gasteiger partial charge in [-0.1, -0.05) is 12.0 Å². The Kier molecular flexibility index (Phi) is 9.12. The lowest BCUT2D eigenvalue weighted by Gasteiger charge is -2.17. The van der Waals surface area contributed by atoms with Crippen molar-refractivity contribution in [1.82, 2.24) is 0 Å². The first-order valence-electron chi connectivity index (χ1n) is 7.09. The van der Waals surface area contributed by atoms with Gasteiger partial charge in [-0.3, -0.25) is 4.79 Å². The van der Waals surface area contributed by atoms with Crippen molar-refractivity contribution >= 4 is 17.6 Å². The van der Waals surface area contributed by atoms with Gasteiger partial charge in [-0.25, -0.2) is 4.79 Å². The summed E-state index contributed by atoms with van der Waals surface area (Å²) < 4.78 is 4.88. The molecule has 1 aromatic rings. The van der Waals surface area contributed by atoms with Crippen LogP contribution in [0.2, 0.25) is 0 Å². The number of nitrogens with two attached hydrogens (primary N) is 1. The summed E-state index contributed by atoms with van der Waals surface area (Å²) in [5.74, 6) is 0.965. The third-order valence-corrected chi connectivity index (χ3v) is 3.04. The average Bonchev–Trinajstić information content (AvgIpc) is 2.50. The van der Waals surface area contributed by atoms with Gasteiger partial charge in [0.05, 0.1) is 6.54 Å². The Morgan fingerprint density at radius 3 is 2.30 bits per heavy atom. The zero-order valence-electron chi connectivity index (χ0n) is 14.0. The molecule has 0 aliphatic carbocycles. The molecular formula is C17H24N2O4. The molecule has 1 atom stereocenters.